The molecule has 7 nitrogen and oxygen atoms in total. The van der Waals surface area contributed by atoms with Gasteiger partial charge < -0.3 is 19.3 Å². The number of ether oxygens (including phenoxy) is 3. The smallest absolute Gasteiger partial charge is 0.336 e. The Bertz CT molecular complexity index is 592. The van der Waals surface area contributed by atoms with Crippen LogP contribution in [0.5, 0.6) is 0 Å². The van der Waals surface area contributed by atoms with Crippen LogP contribution in [0.15, 0.2) is 11.6 Å². The standard InChI is InChI=1S/C21H32O7/c1-6-7-8-9-10-11-13-21(19(24)26-4,20(25)27-5)14-12-17(15-22)18(23)28-16(2)3/h12,16,22H,6-8,11,13-15H2,1-5H3/b17-12-. The van der Waals surface area contributed by atoms with Gasteiger partial charge in [0.1, 0.15) is 0 Å². The maximum absolute atomic E-state index is 12.5. The average Bonchev–Trinajstić information content (AvgIpc) is 2.67. The molecule has 0 heterocycles. The predicted octanol–water partition coefficient (Wildman–Crippen LogP) is 2.55. The Morgan fingerprint density at radius 2 is 1.64 bits per heavy atom. The fourth-order valence-electron chi connectivity index (χ4n) is 2.46. The van der Waals surface area contributed by atoms with Gasteiger partial charge in [-0.1, -0.05) is 19.4 Å². The molecule has 0 rings (SSSR count). The summed E-state index contributed by atoms with van der Waals surface area (Å²) < 4.78 is 14.7. The van der Waals surface area contributed by atoms with Crippen molar-refractivity contribution in [2.24, 2.45) is 5.41 Å². The molecule has 0 aromatic carbocycles. The van der Waals surface area contributed by atoms with E-state index in [1.54, 1.807) is 13.8 Å². The third-order valence-electron chi connectivity index (χ3n) is 4.08. The van der Waals surface area contributed by atoms with Gasteiger partial charge in [-0.05, 0) is 33.1 Å². The number of allylic oxidation sites excluding steroid dienone is 1. The molecule has 0 amide bonds. The molecule has 0 bridgehead atoms. The van der Waals surface area contributed by atoms with E-state index in [-0.39, 0.29) is 30.9 Å². The van der Waals surface area contributed by atoms with Gasteiger partial charge in [0, 0.05) is 12.8 Å². The zero-order valence-corrected chi connectivity index (χ0v) is 17.5. The number of hydrogen-bond donors (Lipinski definition) is 1. The van der Waals surface area contributed by atoms with Crippen LogP contribution >= 0.6 is 0 Å². The van der Waals surface area contributed by atoms with Crippen molar-refractivity contribution >= 4 is 17.9 Å². The third-order valence-corrected chi connectivity index (χ3v) is 4.08. The minimum Gasteiger partial charge on any atom is -0.468 e. The van der Waals surface area contributed by atoms with Crippen LogP contribution in [0, 0.1) is 17.3 Å². The quantitative estimate of drug-likeness (QED) is 0.143. The fraction of sp³-hybridized carbons (Fsp3) is 0.667. The lowest BCUT2D eigenvalue weighted by molar-refractivity contribution is -0.169. The maximum atomic E-state index is 12.5. The highest BCUT2D eigenvalue weighted by atomic mass is 16.5. The summed E-state index contributed by atoms with van der Waals surface area (Å²) in [6.45, 7) is 4.84. The first-order chi connectivity index (χ1) is 13.3. The van der Waals surface area contributed by atoms with E-state index in [0.29, 0.717) is 0 Å². The normalized spacial score (nSPS) is 11.5. The Labute approximate surface area is 167 Å². The second-order valence-corrected chi connectivity index (χ2v) is 6.57. The molecule has 0 aliphatic carbocycles. The van der Waals surface area contributed by atoms with Gasteiger partial charge in [0.2, 0.25) is 0 Å². The van der Waals surface area contributed by atoms with Crippen molar-refractivity contribution in [2.75, 3.05) is 20.8 Å². The van der Waals surface area contributed by atoms with Gasteiger partial charge in [-0.2, -0.15) is 0 Å². The molecule has 7 heteroatoms. The molecule has 158 valence electrons. The Kier molecular flexibility index (Phi) is 12.6. The number of hydrogen-bond acceptors (Lipinski definition) is 7. The first kappa shape index (κ1) is 25.7. The largest absolute Gasteiger partial charge is 0.468 e. The number of carbonyl (C=O) groups is 3. The summed E-state index contributed by atoms with van der Waals surface area (Å²) in [4.78, 5) is 37.0. The highest BCUT2D eigenvalue weighted by Crippen LogP contribution is 2.33. The highest BCUT2D eigenvalue weighted by Gasteiger charge is 2.47. The van der Waals surface area contributed by atoms with Crippen molar-refractivity contribution in [1.29, 1.82) is 0 Å². The fourth-order valence-corrected chi connectivity index (χ4v) is 2.46. The molecule has 0 unspecified atom stereocenters. The number of aliphatic hydroxyl groups excluding tert-OH is 1. The minimum atomic E-state index is -1.65. The molecule has 28 heavy (non-hydrogen) atoms. The summed E-state index contributed by atoms with van der Waals surface area (Å²) in [6.07, 6.45) is 3.89. The Morgan fingerprint density at radius 3 is 2.11 bits per heavy atom. The van der Waals surface area contributed by atoms with E-state index in [2.05, 4.69) is 18.8 Å². The summed E-state index contributed by atoms with van der Waals surface area (Å²) in [6, 6.07) is 0. The number of aliphatic hydroxyl groups is 1. The lowest BCUT2D eigenvalue weighted by atomic mass is 9.79. The zero-order chi connectivity index (χ0) is 21.6. The van der Waals surface area contributed by atoms with Gasteiger partial charge >= 0.3 is 17.9 Å². The maximum Gasteiger partial charge on any atom is 0.336 e. The van der Waals surface area contributed by atoms with Crippen LogP contribution in [0.25, 0.3) is 0 Å². The summed E-state index contributed by atoms with van der Waals surface area (Å²) in [5.41, 5.74) is -1.69. The Morgan fingerprint density at radius 1 is 1.07 bits per heavy atom. The van der Waals surface area contributed by atoms with Crippen LogP contribution in [-0.2, 0) is 28.6 Å². The molecule has 0 atom stereocenters. The van der Waals surface area contributed by atoms with Crippen LogP contribution in [0.2, 0.25) is 0 Å². The molecular formula is C21H32O7. The van der Waals surface area contributed by atoms with Gasteiger partial charge in [-0.3, -0.25) is 9.59 Å². The lowest BCUT2D eigenvalue weighted by Crippen LogP contribution is -2.41. The molecule has 0 saturated carbocycles. The van der Waals surface area contributed by atoms with Crippen LogP contribution < -0.4 is 0 Å². The summed E-state index contributed by atoms with van der Waals surface area (Å²) in [7, 11) is 2.35. The molecule has 1 N–H and O–H groups in total. The number of rotatable bonds is 11. The number of methoxy groups -OCH3 is 2. The van der Waals surface area contributed by atoms with E-state index in [4.69, 9.17) is 14.2 Å². The zero-order valence-electron chi connectivity index (χ0n) is 17.5. The molecule has 0 aliphatic rings. The first-order valence-electron chi connectivity index (χ1n) is 9.42. The van der Waals surface area contributed by atoms with Gasteiger partial charge in [-0.25, -0.2) is 4.79 Å². The van der Waals surface area contributed by atoms with E-state index in [1.165, 1.54) is 20.3 Å². The van der Waals surface area contributed by atoms with Crippen molar-refractivity contribution in [3.63, 3.8) is 0 Å². The summed E-state index contributed by atoms with van der Waals surface area (Å²) in [5.74, 6) is 3.70. The van der Waals surface area contributed by atoms with Crippen molar-refractivity contribution in [1.82, 2.24) is 0 Å². The van der Waals surface area contributed by atoms with E-state index in [0.717, 1.165) is 19.3 Å². The van der Waals surface area contributed by atoms with Gasteiger partial charge in [0.15, 0.2) is 5.41 Å². The predicted molar refractivity (Wildman–Crippen MR) is 104 cm³/mol. The number of esters is 3. The lowest BCUT2D eigenvalue weighted by Gasteiger charge is -2.26. The molecule has 0 fully saturated rings. The van der Waals surface area contributed by atoms with Crippen LogP contribution in [0.4, 0.5) is 0 Å². The Balaban J connectivity index is 5.64. The molecule has 0 radical (unpaired) electrons. The number of unbranched alkanes of at least 4 members (excludes halogenated alkanes) is 2. The van der Waals surface area contributed by atoms with E-state index < -0.39 is 29.9 Å². The average molecular weight is 396 g/mol. The van der Waals surface area contributed by atoms with Crippen molar-refractivity contribution in [2.45, 2.75) is 65.4 Å². The first-order valence-corrected chi connectivity index (χ1v) is 9.42. The molecule has 0 spiro atoms. The van der Waals surface area contributed by atoms with Crippen LogP contribution in [-0.4, -0.2) is 49.9 Å². The molecular weight excluding hydrogens is 364 g/mol. The van der Waals surface area contributed by atoms with Crippen LogP contribution in [0.1, 0.15) is 59.3 Å². The van der Waals surface area contributed by atoms with Gasteiger partial charge in [-0.15, -0.1) is 11.8 Å². The number of carbonyl (C=O) groups excluding carboxylic acids is 3. The highest BCUT2D eigenvalue weighted by molar-refractivity contribution is 6.00. The topological polar surface area (TPSA) is 99.1 Å². The Hall–Kier alpha value is -2.33. The summed E-state index contributed by atoms with van der Waals surface area (Å²) >= 11 is 0. The third kappa shape index (κ3) is 8.13. The molecule has 0 saturated heterocycles. The summed E-state index contributed by atoms with van der Waals surface area (Å²) in [5, 5.41) is 9.47. The van der Waals surface area contributed by atoms with Crippen molar-refractivity contribution < 1.29 is 33.7 Å². The molecule has 0 aliphatic heterocycles. The molecule has 0 aromatic rings. The second kappa shape index (κ2) is 13.8. The van der Waals surface area contributed by atoms with Crippen LogP contribution in [0.3, 0.4) is 0 Å². The molecule has 0 aromatic heterocycles. The second-order valence-electron chi connectivity index (χ2n) is 6.57. The van der Waals surface area contributed by atoms with E-state index in [1.807, 2.05) is 0 Å². The monoisotopic (exact) mass is 396 g/mol. The van der Waals surface area contributed by atoms with E-state index in [9.17, 15) is 19.5 Å². The SMILES string of the molecule is CCCCC#CCCC(C/C=C(/CO)C(=O)OC(C)C)(C(=O)OC)C(=O)OC. The van der Waals surface area contributed by atoms with Crippen molar-refractivity contribution in [3.05, 3.63) is 11.6 Å². The van der Waals surface area contributed by atoms with Gasteiger partial charge in [0.05, 0.1) is 32.5 Å². The van der Waals surface area contributed by atoms with Crippen molar-refractivity contribution in [3.8, 4) is 11.8 Å². The van der Waals surface area contributed by atoms with E-state index >= 15 is 0 Å². The minimum absolute atomic E-state index is 0.0417. The van der Waals surface area contributed by atoms with Gasteiger partial charge in [0.25, 0.3) is 0 Å².